The number of hydrogen-bond donors (Lipinski definition) is 2. The van der Waals surface area contributed by atoms with Gasteiger partial charge in [-0.1, -0.05) is 11.3 Å². The van der Waals surface area contributed by atoms with E-state index in [1.165, 1.54) is 47.6 Å². The van der Waals surface area contributed by atoms with Crippen LogP contribution in [-0.4, -0.2) is 40.7 Å². The number of quaternary nitrogens is 1. The molecule has 0 aliphatic carbocycles. The molecule has 0 unspecified atom stereocenters. The number of non-ortho nitro benzene ring substituents is 1. The Labute approximate surface area is 142 Å². The van der Waals surface area contributed by atoms with Gasteiger partial charge in [-0.2, -0.15) is 0 Å². The van der Waals surface area contributed by atoms with Crippen LogP contribution in [0, 0.1) is 10.1 Å². The van der Waals surface area contributed by atoms with E-state index < -0.39 is 4.92 Å². The highest BCUT2D eigenvalue weighted by atomic mass is 32.1. The Hall–Kier alpha value is -2.39. The van der Waals surface area contributed by atoms with Crippen molar-refractivity contribution in [3.63, 3.8) is 0 Å². The monoisotopic (exact) mass is 348 g/mol. The van der Waals surface area contributed by atoms with Gasteiger partial charge in [0.1, 0.15) is 5.01 Å². The van der Waals surface area contributed by atoms with Gasteiger partial charge in [0.25, 0.3) is 11.6 Å². The molecule has 0 atom stereocenters. The smallest absolute Gasteiger partial charge is 0.281 e. The number of nitrogens with zero attached hydrogens (tertiary/aromatic N) is 3. The quantitative estimate of drug-likeness (QED) is 0.623. The van der Waals surface area contributed by atoms with Crippen molar-refractivity contribution in [1.82, 2.24) is 10.2 Å². The molecule has 126 valence electrons. The summed E-state index contributed by atoms with van der Waals surface area (Å²) < 4.78 is 0. The van der Waals surface area contributed by atoms with Gasteiger partial charge in [0.05, 0.1) is 18.0 Å². The van der Waals surface area contributed by atoms with E-state index in [1.54, 1.807) is 12.1 Å². The Morgan fingerprint density at radius 2 is 1.92 bits per heavy atom. The summed E-state index contributed by atoms with van der Waals surface area (Å²) in [4.78, 5) is 23.6. The van der Waals surface area contributed by atoms with E-state index in [0.29, 0.717) is 16.7 Å². The first-order valence-corrected chi connectivity index (χ1v) is 8.65. The number of carbonyl (C=O) groups excluding carboxylic acids is 1. The zero-order valence-corrected chi connectivity index (χ0v) is 13.8. The van der Waals surface area contributed by atoms with Crippen LogP contribution in [0.3, 0.4) is 0 Å². The van der Waals surface area contributed by atoms with Crippen LogP contribution in [0.5, 0.6) is 0 Å². The molecule has 1 amide bonds. The Morgan fingerprint density at radius 1 is 1.21 bits per heavy atom. The molecule has 1 saturated heterocycles. The number of nitrogens with one attached hydrogen (secondary N) is 2. The molecule has 0 spiro atoms. The third-order valence-corrected chi connectivity index (χ3v) is 4.86. The molecule has 2 heterocycles. The number of aromatic nitrogens is 2. The van der Waals surface area contributed by atoms with E-state index in [2.05, 4.69) is 15.5 Å². The highest BCUT2D eigenvalue weighted by molar-refractivity contribution is 7.18. The maximum atomic E-state index is 12.1. The molecule has 3 rings (SSSR count). The van der Waals surface area contributed by atoms with Gasteiger partial charge in [0.15, 0.2) is 6.54 Å². The van der Waals surface area contributed by atoms with Crippen molar-refractivity contribution in [2.75, 3.05) is 25.0 Å². The van der Waals surface area contributed by atoms with E-state index in [4.69, 9.17) is 0 Å². The number of benzene rings is 1. The predicted octanol–water partition coefficient (Wildman–Crippen LogP) is 1.12. The zero-order valence-electron chi connectivity index (χ0n) is 13.0. The van der Waals surface area contributed by atoms with Crippen molar-refractivity contribution in [2.45, 2.75) is 19.3 Å². The van der Waals surface area contributed by atoms with Crippen LogP contribution in [0.1, 0.15) is 19.3 Å². The summed E-state index contributed by atoms with van der Waals surface area (Å²) in [5, 5.41) is 22.5. The second-order valence-corrected chi connectivity index (χ2v) is 6.73. The van der Waals surface area contributed by atoms with Gasteiger partial charge < -0.3 is 4.90 Å². The largest absolute Gasteiger partial charge is 0.327 e. The molecule has 2 N–H and O–H groups in total. The molecule has 0 radical (unpaired) electrons. The summed E-state index contributed by atoms with van der Waals surface area (Å²) in [6, 6.07) is 6.10. The Bertz CT molecular complexity index is 725. The van der Waals surface area contributed by atoms with E-state index in [9.17, 15) is 14.9 Å². The first-order valence-electron chi connectivity index (χ1n) is 7.83. The fourth-order valence-corrected chi connectivity index (χ4v) is 3.50. The Kier molecular flexibility index (Phi) is 5.11. The molecule has 0 bridgehead atoms. The minimum atomic E-state index is -0.446. The van der Waals surface area contributed by atoms with Crippen LogP contribution in [0.15, 0.2) is 24.3 Å². The number of hydrogen-bond acceptors (Lipinski definition) is 6. The summed E-state index contributed by atoms with van der Waals surface area (Å²) in [6.45, 7) is 2.53. The van der Waals surface area contributed by atoms with Gasteiger partial charge >= 0.3 is 0 Å². The number of carbonyl (C=O) groups is 1. The number of likely N-dealkylation sites (tertiary alicyclic amines) is 1. The number of nitro benzene ring substituents is 1. The molecular formula is C15H18N5O3S+. The molecular weight excluding hydrogens is 330 g/mol. The summed E-state index contributed by atoms with van der Waals surface area (Å²) >= 11 is 1.26. The van der Waals surface area contributed by atoms with E-state index in [-0.39, 0.29) is 11.6 Å². The summed E-state index contributed by atoms with van der Waals surface area (Å²) in [5.74, 6) is -0.0571. The Morgan fingerprint density at radius 3 is 2.58 bits per heavy atom. The van der Waals surface area contributed by atoms with Crippen LogP contribution < -0.4 is 10.2 Å². The molecule has 1 fully saturated rings. The molecule has 0 saturated carbocycles. The van der Waals surface area contributed by atoms with E-state index >= 15 is 0 Å². The second kappa shape index (κ2) is 7.45. The number of amides is 1. The van der Waals surface area contributed by atoms with Crippen LogP contribution in [0.2, 0.25) is 0 Å². The van der Waals surface area contributed by atoms with Crippen molar-refractivity contribution in [2.24, 2.45) is 0 Å². The fourth-order valence-electron chi connectivity index (χ4n) is 2.74. The lowest BCUT2D eigenvalue weighted by Crippen LogP contribution is -3.13. The Balaban J connectivity index is 1.60. The van der Waals surface area contributed by atoms with Crippen LogP contribution in [0.4, 0.5) is 10.8 Å². The molecule has 1 aliphatic heterocycles. The minimum absolute atomic E-state index is 0.0290. The molecule has 8 nitrogen and oxygen atoms in total. The van der Waals surface area contributed by atoms with Gasteiger partial charge in [0.2, 0.25) is 5.13 Å². The third-order valence-electron chi connectivity index (χ3n) is 3.97. The number of rotatable bonds is 5. The van der Waals surface area contributed by atoms with Gasteiger partial charge in [-0.3, -0.25) is 20.2 Å². The third kappa shape index (κ3) is 4.12. The molecule has 9 heteroatoms. The zero-order chi connectivity index (χ0) is 16.9. The summed E-state index contributed by atoms with van der Waals surface area (Å²) in [5.41, 5.74) is 0.765. The highest BCUT2D eigenvalue weighted by Gasteiger charge is 2.18. The molecule has 1 aromatic heterocycles. The SMILES string of the molecule is O=C(C[NH+]1CCCCC1)Nc1nnc(-c2ccc([N+](=O)[O-])cc2)s1. The summed E-state index contributed by atoms with van der Waals surface area (Å²) in [6.07, 6.45) is 3.59. The van der Waals surface area contributed by atoms with Crippen molar-refractivity contribution in [3.8, 4) is 10.6 Å². The lowest BCUT2D eigenvalue weighted by molar-refractivity contribution is -0.896. The van der Waals surface area contributed by atoms with E-state index in [1.807, 2.05) is 0 Å². The average molecular weight is 348 g/mol. The fraction of sp³-hybridized carbons (Fsp3) is 0.400. The summed E-state index contributed by atoms with van der Waals surface area (Å²) in [7, 11) is 0. The standard InChI is InChI=1S/C15H17N5O3S/c21-13(10-19-8-2-1-3-9-19)16-15-18-17-14(24-15)11-4-6-12(7-5-11)20(22)23/h4-7H,1-3,8-10H2,(H,16,18,21)/p+1. The van der Waals surface area contributed by atoms with Gasteiger partial charge in [-0.25, -0.2) is 0 Å². The lowest BCUT2D eigenvalue weighted by Gasteiger charge is -2.22. The lowest BCUT2D eigenvalue weighted by atomic mass is 10.1. The normalized spacial score (nSPS) is 15.2. The van der Waals surface area contributed by atoms with Crippen molar-refractivity contribution in [3.05, 3.63) is 34.4 Å². The molecule has 24 heavy (non-hydrogen) atoms. The number of nitro groups is 1. The van der Waals surface area contributed by atoms with Crippen LogP contribution >= 0.6 is 11.3 Å². The van der Waals surface area contributed by atoms with Gasteiger partial charge in [0, 0.05) is 17.7 Å². The average Bonchev–Trinajstić information content (AvgIpc) is 3.04. The van der Waals surface area contributed by atoms with Crippen LogP contribution in [-0.2, 0) is 4.79 Å². The molecule has 1 aliphatic rings. The van der Waals surface area contributed by atoms with Gasteiger partial charge in [-0.15, -0.1) is 10.2 Å². The van der Waals surface area contributed by atoms with Crippen molar-refractivity contribution < 1.29 is 14.6 Å². The molecule has 1 aromatic carbocycles. The topological polar surface area (TPSA) is 102 Å². The number of anilines is 1. The van der Waals surface area contributed by atoms with Crippen LogP contribution in [0.25, 0.3) is 10.6 Å². The van der Waals surface area contributed by atoms with E-state index in [0.717, 1.165) is 18.7 Å². The predicted molar refractivity (Wildman–Crippen MR) is 90.0 cm³/mol. The maximum absolute atomic E-state index is 12.1. The van der Waals surface area contributed by atoms with Gasteiger partial charge in [-0.05, 0) is 31.4 Å². The highest BCUT2D eigenvalue weighted by Crippen LogP contribution is 2.27. The first kappa shape index (κ1) is 16.5. The van der Waals surface area contributed by atoms with Crippen molar-refractivity contribution in [1.29, 1.82) is 0 Å². The number of piperidine rings is 1. The first-order chi connectivity index (χ1) is 11.6. The van der Waals surface area contributed by atoms with Crippen molar-refractivity contribution >= 4 is 28.1 Å². The molecule has 2 aromatic rings. The second-order valence-electron chi connectivity index (χ2n) is 5.75. The maximum Gasteiger partial charge on any atom is 0.281 e. The minimum Gasteiger partial charge on any atom is -0.327 e.